The fraction of sp³-hybridized carbons (Fsp3) is 0.150. The van der Waals surface area contributed by atoms with Crippen molar-refractivity contribution in [3.8, 4) is 5.75 Å². The number of esters is 1. The van der Waals surface area contributed by atoms with Crippen LogP contribution in [0.2, 0.25) is 0 Å². The predicted octanol–water partition coefficient (Wildman–Crippen LogP) is 4.17. The normalized spacial score (nSPS) is 15.2. The number of anilines is 1. The Morgan fingerprint density at radius 2 is 1.93 bits per heavy atom. The van der Waals surface area contributed by atoms with Crippen LogP contribution in [-0.2, 0) is 14.3 Å². The Balaban J connectivity index is 1.72. The van der Waals surface area contributed by atoms with Crippen LogP contribution < -0.4 is 9.64 Å². The van der Waals surface area contributed by atoms with E-state index in [9.17, 15) is 14.0 Å². The van der Waals surface area contributed by atoms with Crippen LogP contribution in [0.4, 0.5) is 10.1 Å². The van der Waals surface area contributed by atoms with Gasteiger partial charge in [-0.3, -0.25) is 9.69 Å². The lowest BCUT2D eigenvalue weighted by Crippen LogP contribution is -2.28. The van der Waals surface area contributed by atoms with E-state index in [1.807, 2.05) is 0 Å². The summed E-state index contributed by atoms with van der Waals surface area (Å²) in [6.07, 6.45) is 1.68. The number of carbonyl (C=O) groups is 2. The zero-order valence-corrected chi connectivity index (χ0v) is 16.5. The largest absolute Gasteiger partial charge is 0.482 e. The number of halogens is 1. The van der Waals surface area contributed by atoms with Crippen molar-refractivity contribution < 1.29 is 23.5 Å². The highest BCUT2D eigenvalue weighted by molar-refractivity contribution is 8.27. The molecule has 2 aromatic carbocycles. The Labute approximate surface area is 171 Å². The highest BCUT2D eigenvalue weighted by atomic mass is 32.2. The molecule has 1 amide bonds. The molecular weight excluding hydrogens is 401 g/mol. The topological polar surface area (TPSA) is 55.8 Å². The minimum atomic E-state index is -0.511. The summed E-state index contributed by atoms with van der Waals surface area (Å²) in [7, 11) is 0. The van der Waals surface area contributed by atoms with E-state index in [-0.39, 0.29) is 22.5 Å². The number of hydrogen-bond donors (Lipinski definition) is 0. The zero-order valence-electron chi connectivity index (χ0n) is 14.9. The second-order valence-electron chi connectivity index (χ2n) is 5.63. The number of carbonyl (C=O) groups excluding carboxylic acids is 2. The van der Waals surface area contributed by atoms with Crippen LogP contribution >= 0.6 is 24.0 Å². The fourth-order valence-electron chi connectivity index (χ4n) is 2.47. The van der Waals surface area contributed by atoms with Crippen molar-refractivity contribution in [2.75, 3.05) is 18.1 Å². The first kappa shape index (κ1) is 20.0. The summed E-state index contributed by atoms with van der Waals surface area (Å²) in [4.78, 5) is 25.6. The highest BCUT2D eigenvalue weighted by Crippen LogP contribution is 2.37. The molecule has 3 rings (SSSR count). The van der Waals surface area contributed by atoms with E-state index in [0.29, 0.717) is 17.3 Å². The van der Waals surface area contributed by atoms with E-state index in [1.54, 1.807) is 49.4 Å². The molecule has 0 saturated carbocycles. The number of hydrogen-bond acceptors (Lipinski definition) is 6. The molecule has 28 heavy (non-hydrogen) atoms. The molecule has 5 nitrogen and oxygen atoms in total. The number of para-hydroxylation sites is 1. The van der Waals surface area contributed by atoms with Crippen LogP contribution in [0.3, 0.4) is 0 Å². The van der Waals surface area contributed by atoms with Crippen LogP contribution in [-0.4, -0.2) is 29.4 Å². The van der Waals surface area contributed by atoms with Crippen LogP contribution in [0.15, 0.2) is 53.4 Å². The first-order chi connectivity index (χ1) is 13.5. The third-order valence-electron chi connectivity index (χ3n) is 3.73. The van der Waals surface area contributed by atoms with Crippen molar-refractivity contribution in [3.05, 3.63) is 64.8 Å². The van der Waals surface area contributed by atoms with Crippen molar-refractivity contribution in [1.82, 2.24) is 0 Å². The predicted molar refractivity (Wildman–Crippen MR) is 111 cm³/mol. The highest BCUT2D eigenvalue weighted by Gasteiger charge is 2.34. The summed E-state index contributed by atoms with van der Waals surface area (Å²) in [5.41, 5.74) is 0.883. The number of thiocarbonyl (C=S) groups is 1. The molecule has 1 aliphatic heterocycles. The van der Waals surface area contributed by atoms with Crippen LogP contribution in [0.25, 0.3) is 6.08 Å². The van der Waals surface area contributed by atoms with E-state index >= 15 is 0 Å². The maximum absolute atomic E-state index is 14.0. The van der Waals surface area contributed by atoms with Gasteiger partial charge in [-0.1, -0.05) is 48.2 Å². The summed E-state index contributed by atoms with van der Waals surface area (Å²) < 4.78 is 24.4. The van der Waals surface area contributed by atoms with E-state index in [1.165, 1.54) is 17.0 Å². The maximum Gasteiger partial charge on any atom is 0.344 e. The molecule has 0 aromatic heterocycles. The van der Waals surface area contributed by atoms with Crippen molar-refractivity contribution >= 4 is 51.9 Å². The quantitative estimate of drug-likeness (QED) is 0.399. The van der Waals surface area contributed by atoms with E-state index in [0.717, 1.165) is 17.3 Å². The summed E-state index contributed by atoms with van der Waals surface area (Å²) in [6, 6.07) is 12.9. The molecule has 0 radical (unpaired) electrons. The maximum atomic E-state index is 14.0. The minimum absolute atomic E-state index is 0.135. The van der Waals surface area contributed by atoms with Crippen molar-refractivity contribution in [2.45, 2.75) is 6.92 Å². The van der Waals surface area contributed by atoms with Crippen molar-refractivity contribution in [2.24, 2.45) is 0 Å². The zero-order chi connectivity index (χ0) is 20.1. The van der Waals surface area contributed by atoms with E-state index < -0.39 is 11.8 Å². The van der Waals surface area contributed by atoms with Crippen molar-refractivity contribution in [1.29, 1.82) is 0 Å². The molecule has 0 spiro atoms. The van der Waals surface area contributed by atoms with E-state index in [4.69, 9.17) is 21.7 Å². The number of thioether (sulfide) groups is 1. The summed E-state index contributed by atoms with van der Waals surface area (Å²) >= 11 is 6.36. The Bertz CT molecular complexity index is 943. The molecule has 144 valence electrons. The molecule has 1 heterocycles. The molecule has 1 saturated heterocycles. The molecule has 1 fully saturated rings. The summed E-state index contributed by atoms with van der Waals surface area (Å²) in [6.45, 7) is 1.85. The molecule has 0 N–H and O–H groups in total. The van der Waals surface area contributed by atoms with E-state index in [2.05, 4.69) is 0 Å². The van der Waals surface area contributed by atoms with Gasteiger partial charge in [0.1, 0.15) is 11.6 Å². The molecule has 0 atom stereocenters. The van der Waals surface area contributed by atoms with Crippen LogP contribution in [0.1, 0.15) is 12.5 Å². The molecule has 0 bridgehead atoms. The average Bonchev–Trinajstić information content (AvgIpc) is 2.95. The monoisotopic (exact) mass is 417 g/mol. The lowest BCUT2D eigenvalue weighted by atomic mass is 10.2. The molecule has 0 unspecified atom stereocenters. The molecule has 1 aliphatic rings. The van der Waals surface area contributed by atoms with Crippen LogP contribution in [0, 0.1) is 5.82 Å². The van der Waals surface area contributed by atoms with Gasteiger partial charge in [0.2, 0.25) is 0 Å². The first-order valence-electron chi connectivity index (χ1n) is 8.40. The molecule has 8 heteroatoms. The van der Waals surface area contributed by atoms with Gasteiger partial charge in [-0.15, -0.1) is 0 Å². The SMILES string of the molecule is CCOC(=O)COc1ccc(/C=C2/SC(=S)N(c3ccccc3F)C2=O)cc1. The first-order valence-corrected chi connectivity index (χ1v) is 9.63. The molecule has 2 aromatic rings. The minimum Gasteiger partial charge on any atom is -0.482 e. The number of nitrogens with zero attached hydrogens (tertiary/aromatic N) is 1. The van der Waals surface area contributed by atoms with Gasteiger partial charge in [0.25, 0.3) is 5.91 Å². The third-order valence-corrected chi connectivity index (χ3v) is 5.03. The standard InChI is InChI=1S/C20H16FNO4S2/c1-2-25-18(23)12-26-14-9-7-13(8-10-14)11-17-19(24)22(20(27)28-17)16-6-4-3-5-15(16)21/h3-11H,2,12H2,1H3/b17-11+. The molecular formula is C20H16FNO4S2. The lowest BCUT2D eigenvalue weighted by Gasteiger charge is -2.14. The summed E-state index contributed by atoms with van der Waals surface area (Å²) in [5, 5.41) is 0. The Kier molecular flexibility index (Phi) is 6.43. The number of ether oxygens (including phenoxy) is 2. The average molecular weight is 417 g/mol. The van der Waals surface area contributed by atoms with Gasteiger partial charge >= 0.3 is 5.97 Å². The fourth-order valence-corrected chi connectivity index (χ4v) is 3.75. The number of rotatable bonds is 6. The Morgan fingerprint density at radius 3 is 2.61 bits per heavy atom. The van der Waals surface area contributed by atoms with Gasteiger partial charge in [-0.2, -0.15) is 0 Å². The van der Waals surface area contributed by atoms with Crippen LogP contribution in [0.5, 0.6) is 5.75 Å². The third kappa shape index (κ3) is 4.58. The summed E-state index contributed by atoms with van der Waals surface area (Å²) in [5.74, 6) is -0.821. The van der Waals surface area contributed by atoms with Gasteiger partial charge in [0, 0.05) is 0 Å². The lowest BCUT2D eigenvalue weighted by molar-refractivity contribution is -0.145. The smallest absolute Gasteiger partial charge is 0.344 e. The second-order valence-corrected chi connectivity index (χ2v) is 7.31. The van der Waals surface area contributed by atoms with Crippen molar-refractivity contribution in [3.63, 3.8) is 0 Å². The number of amides is 1. The van der Waals surface area contributed by atoms with Gasteiger partial charge in [-0.05, 0) is 42.8 Å². The van der Waals surface area contributed by atoms with Gasteiger partial charge < -0.3 is 9.47 Å². The Hall–Kier alpha value is -2.71. The van der Waals surface area contributed by atoms with Gasteiger partial charge in [0.05, 0.1) is 17.2 Å². The number of benzene rings is 2. The second kappa shape index (κ2) is 8.99. The van der Waals surface area contributed by atoms with Gasteiger partial charge in [0.15, 0.2) is 10.9 Å². The van der Waals surface area contributed by atoms with Gasteiger partial charge in [-0.25, -0.2) is 9.18 Å². The Morgan fingerprint density at radius 1 is 1.21 bits per heavy atom. The molecule has 0 aliphatic carbocycles.